The summed E-state index contributed by atoms with van der Waals surface area (Å²) in [6.07, 6.45) is 1.97. The minimum absolute atomic E-state index is 0.870. The quantitative estimate of drug-likeness (QED) is 0.172. The SMILES string of the molecule is Cc1cccc2c1sc1c(-c3cc(-c4cnc5c6ccccc6c6ccccc6c5n4)cc(-c4cccc5c4sc4c(C)cccc45)c3)cccc12. The number of benzene rings is 8. The van der Waals surface area contributed by atoms with E-state index in [1.54, 1.807) is 0 Å². The van der Waals surface area contributed by atoms with Gasteiger partial charge in [0.2, 0.25) is 0 Å². The van der Waals surface area contributed by atoms with Gasteiger partial charge in [0.25, 0.3) is 0 Å². The fraction of sp³-hybridized carbons (Fsp3) is 0.0417. The molecule has 11 aromatic rings. The van der Waals surface area contributed by atoms with Crippen molar-refractivity contribution < 1.29 is 0 Å². The van der Waals surface area contributed by atoms with E-state index in [-0.39, 0.29) is 0 Å². The predicted molar refractivity (Wildman–Crippen MR) is 226 cm³/mol. The Balaban J connectivity index is 1.21. The fourth-order valence-electron chi connectivity index (χ4n) is 8.23. The minimum atomic E-state index is 0.870. The Bertz CT molecular complexity index is 3100. The molecule has 0 amide bonds. The van der Waals surface area contributed by atoms with Gasteiger partial charge in [-0.1, -0.05) is 121 Å². The van der Waals surface area contributed by atoms with Gasteiger partial charge in [-0.05, 0) is 76.2 Å². The van der Waals surface area contributed by atoms with Crippen LogP contribution in [0.4, 0.5) is 0 Å². The van der Waals surface area contributed by atoms with Crippen molar-refractivity contribution in [2.45, 2.75) is 13.8 Å². The van der Waals surface area contributed by atoms with Crippen LogP contribution in [0.25, 0.3) is 106 Å². The highest BCUT2D eigenvalue weighted by Crippen LogP contribution is 2.46. The molecule has 0 aliphatic carbocycles. The van der Waals surface area contributed by atoms with Crippen molar-refractivity contribution >= 4 is 95.6 Å². The molecule has 0 saturated heterocycles. The number of thiophene rings is 2. The molecule has 8 aromatic carbocycles. The standard InChI is InChI=1S/C48H30N2S2/c1-27-11-7-19-38-40-21-9-17-32(47(40)51-45(27)38)29-23-30(33-18-10-22-41-39-20-8-12-28(2)46(39)52-48(33)41)25-31(24-29)42-26-49-43-36-15-5-3-13-34(36)35-14-4-6-16-37(35)44(43)50-42/h3-26H,1-2H3. The van der Waals surface area contributed by atoms with E-state index in [0.29, 0.717) is 0 Å². The number of aryl methyl sites for hydroxylation is 2. The van der Waals surface area contributed by atoms with Crippen LogP contribution in [0.3, 0.4) is 0 Å². The average Bonchev–Trinajstić information content (AvgIpc) is 3.78. The number of aromatic nitrogens is 2. The zero-order valence-corrected chi connectivity index (χ0v) is 30.2. The molecule has 3 heterocycles. The third-order valence-electron chi connectivity index (χ3n) is 10.7. The van der Waals surface area contributed by atoms with Crippen molar-refractivity contribution in [3.63, 3.8) is 0 Å². The molecule has 0 radical (unpaired) electrons. The van der Waals surface area contributed by atoms with E-state index >= 15 is 0 Å². The normalized spacial score (nSPS) is 12.0. The number of nitrogens with zero attached hydrogens (tertiary/aromatic N) is 2. The van der Waals surface area contributed by atoms with E-state index in [1.165, 1.54) is 84.5 Å². The van der Waals surface area contributed by atoms with Gasteiger partial charge in [0.05, 0.1) is 22.9 Å². The van der Waals surface area contributed by atoms with Gasteiger partial charge in [-0.15, -0.1) is 22.7 Å². The first kappa shape index (κ1) is 29.8. The van der Waals surface area contributed by atoms with Gasteiger partial charge in [-0.3, -0.25) is 4.98 Å². The maximum atomic E-state index is 5.45. The third kappa shape index (κ3) is 4.35. The Kier molecular flexibility index (Phi) is 6.46. The molecule has 52 heavy (non-hydrogen) atoms. The molecular weight excluding hydrogens is 669 g/mol. The molecule has 2 nitrogen and oxygen atoms in total. The zero-order chi connectivity index (χ0) is 34.5. The van der Waals surface area contributed by atoms with Crippen LogP contribution in [0.5, 0.6) is 0 Å². The first-order valence-electron chi connectivity index (χ1n) is 17.6. The maximum Gasteiger partial charge on any atom is 0.0979 e. The molecule has 11 rings (SSSR count). The molecule has 0 aliphatic heterocycles. The van der Waals surface area contributed by atoms with Crippen LogP contribution >= 0.6 is 22.7 Å². The smallest absolute Gasteiger partial charge is 0.0979 e. The van der Waals surface area contributed by atoms with E-state index < -0.39 is 0 Å². The largest absolute Gasteiger partial charge is 0.252 e. The lowest BCUT2D eigenvalue weighted by Crippen LogP contribution is -1.93. The highest BCUT2D eigenvalue weighted by Gasteiger charge is 2.18. The lowest BCUT2D eigenvalue weighted by atomic mass is 9.93. The summed E-state index contributed by atoms with van der Waals surface area (Å²) in [6.45, 7) is 4.43. The van der Waals surface area contributed by atoms with Crippen LogP contribution in [-0.2, 0) is 0 Å². The van der Waals surface area contributed by atoms with Gasteiger partial charge in [0.1, 0.15) is 0 Å². The van der Waals surface area contributed by atoms with Gasteiger partial charge >= 0.3 is 0 Å². The molecule has 0 N–H and O–H groups in total. The molecule has 0 atom stereocenters. The van der Waals surface area contributed by atoms with Crippen molar-refractivity contribution in [2.75, 3.05) is 0 Å². The Hall–Kier alpha value is -5.94. The summed E-state index contributed by atoms with van der Waals surface area (Å²) in [5.41, 5.74) is 11.3. The molecule has 4 heteroatoms. The van der Waals surface area contributed by atoms with Crippen LogP contribution in [-0.4, -0.2) is 9.97 Å². The molecule has 0 unspecified atom stereocenters. The number of rotatable bonds is 3. The van der Waals surface area contributed by atoms with Crippen LogP contribution in [0.2, 0.25) is 0 Å². The Morgan fingerprint density at radius 2 is 0.808 bits per heavy atom. The number of fused-ring (bicyclic) bond motifs is 12. The second-order valence-corrected chi connectivity index (χ2v) is 15.9. The molecule has 0 bridgehead atoms. The predicted octanol–water partition coefficient (Wildman–Crippen LogP) is 14.3. The van der Waals surface area contributed by atoms with E-state index in [0.717, 1.165) is 33.1 Å². The van der Waals surface area contributed by atoms with Crippen molar-refractivity contribution in [3.8, 4) is 33.5 Å². The van der Waals surface area contributed by atoms with Crippen LogP contribution in [0.1, 0.15) is 11.1 Å². The number of hydrogen-bond donors (Lipinski definition) is 0. The summed E-state index contributed by atoms with van der Waals surface area (Å²) in [5.74, 6) is 0. The molecule has 0 spiro atoms. The van der Waals surface area contributed by atoms with E-state index in [1.807, 2.05) is 28.9 Å². The summed E-state index contributed by atoms with van der Waals surface area (Å²) < 4.78 is 5.33. The van der Waals surface area contributed by atoms with Gasteiger partial charge in [0.15, 0.2) is 0 Å². The maximum absolute atomic E-state index is 5.45. The van der Waals surface area contributed by atoms with Gasteiger partial charge < -0.3 is 0 Å². The summed E-state index contributed by atoms with van der Waals surface area (Å²) in [4.78, 5) is 10.6. The fourth-order valence-corrected chi connectivity index (χ4v) is 10.8. The topological polar surface area (TPSA) is 25.8 Å². The molecule has 0 saturated carbocycles. The Labute approximate surface area is 308 Å². The van der Waals surface area contributed by atoms with Crippen LogP contribution in [0, 0.1) is 13.8 Å². The first-order valence-corrected chi connectivity index (χ1v) is 19.3. The Morgan fingerprint density at radius 1 is 0.385 bits per heavy atom. The van der Waals surface area contributed by atoms with Crippen molar-refractivity contribution in [1.82, 2.24) is 9.97 Å². The molecular formula is C48H30N2S2. The van der Waals surface area contributed by atoms with Crippen molar-refractivity contribution in [1.29, 1.82) is 0 Å². The second kappa shape index (κ2) is 11.3. The lowest BCUT2D eigenvalue weighted by molar-refractivity contribution is 1.31. The highest BCUT2D eigenvalue weighted by atomic mass is 32.1. The molecule has 0 aliphatic rings. The average molecular weight is 699 g/mol. The zero-order valence-electron chi connectivity index (χ0n) is 28.6. The van der Waals surface area contributed by atoms with E-state index in [4.69, 9.17) is 9.97 Å². The van der Waals surface area contributed by atoms with Crippen molar-refractivity contribution in [3.05, 3.63) is 157 Å². The van der Waals surface area contributed by atoms with Crippen LogP contribution < -0.4 is 0 Å². The summed E-state index contributed by atoms with van der Waals surface area (Å²) in [5, 5.41) is 9.91. The van der Waals surface area contributed by atoms with Gasteiger partial charge in [-0.25, -0.2) is 4.98 Å². The second-order valence-electron chi connectivity index (χ2n) is 13.8. The monoisotopic (exact) mass is 698 g/mol. The molecule has 3 aromatic heterocycles. The molecule has 244 valence electrons. The summed E-state index contributed by atoms with van der Waals surface area (Å²) in [7, 11) is 0. The van der Waals surface area contributed by atoms with Crippen molar-refractivity contribution in [2.24, 2.45) is 0 Å². The number of hydrogen-bond acceptors (Lipinski definition) is 4. The highest BCUT2D eigenvalue weighted by molar-refractivity contribution is 7.27. The summed E-state index contributed by atoms with van der Waals surface area (Å²) in [6, 6.07) is 51.0. The Morgan fingerprint density at radius 3 is 1.35 bits per heavy atom. The molecule has 0 fully saturated rings. The lowest BCUT2D eigenvalue weighted by Gasteiger charge is -2.14. The third-order valence-corrected chi connectivity index (χ3v) is 13.5. The van der Waals surface area contributed by atoms with E-state index in [2.05, 4.69) is 153 Å². The first-order chi connectivity index (χ1) is 25.6. The van der Waals surface area contributed by atoms with Crippen LogP contribution in [0.15, 0.2) is 146 Å². The van der Waals surface area contributed by atoms with Gasteiger partial charge in [0, 0.05) is 56.7 Å². The van der Waals surface area contributed by atoms with Gasteiger partial charge in [-0.2, -0.15) is 0 Å². The summed E-state index contributed by atoms with van der Waals surface area (Å²) >= 11 is 3.80. The van der Waals surface area contributed by atoms with E-state index in [9.17, 15) is 0 Å². The minimum Gasteiger partial charge on any atom is -0.252 e.